The van der Waals surface area contributed by atoms with Crippen LogP contribution in [-0.4, -0.2) is 5.66 Å². The fraction of sp³-hybridized carbons (Fsp3) is 1.00. The van der Waals surface area contributed by atoms with Gasteiger partial charge < -0.3 is 0 Å². The van der Waals surface area contributed by atoms with Crippen LogP contribution in [-0.2, 0) is 0 Å². The van der Waals surface area contributed by atoms with Gasteiger partial charge in [0.1, 0.15) is 0 Å². The average molecular weight is 126 g/mol. The third-order valence-corrected chi connectivity index (χ3v) is 2.48. The lowest BCUT2D eigenvalue weighted by molar-refractivity contribution is 0.312. The Morgan fingerprint density at radius 1 is 1.44 bits per heavy atom. The zero-order valence-corrected chi connectivity index (χ0v) is 5.91. The normalized spacial score (nSPS) is 39.0. The standard InChI is InChI=1S/C7H14N2/c1-6-3-2-4-7(5-6)8-9-7/h6,8-9H,2-5H2,1H3/t6-/m1/s1. The number of hydrazine groups is 1. The Bertz CT molecular complexity index is 118. The highest BCUT2D eigenvalue weighted by Crippen LogP contribution is 2.34. The number of rotatable bonds is 0. The topological polar surface area (TPSA) is 43.9 Å². The van der Waals surface area contributed by atoms with E-state index in [-0.39, 0.29) is 0 Å². The van der Waals surface area contributed by atoms with E-state index in [2.05, 4.69) is 17.8 Å². The van der Waals surface area contributed by atoms with Gasteiger partial charge in [-0.05, 0) is 25.2 Å². The minimum atomic E-state index is 0.400. The first-order valence-corrected chi connectivity index (χ1v) is 3.85. The molecule has 0 aromatic heterocycles. The summed E-state index contributed by atoms with van der Waals surface area (Å²) in [6.07, 6.45) is 5.47. The van der Waals surface area contributed by atoms with Gasteiger partial charge in [-0.2, -0.15) is 0 Å². The van der Waals surface area contributed by atoms with Crippen LogP contribution in [0.15, 0.2) is 0 Å². The summed E-state index contributed by atoms with van der Waals surface area (Å²) in [5, 5.41) is 0. The maximum atomic E-state index is 3.23. The van der Waals surface area contributed by atoms with E-state index in [0.717, 1.165) is 5.92 Å². The molecule has 0 radical (unpaired) electrons. The summed E-state index contributed by atoms with van der Waals surface area (Å²) < 4.78 is 0. The lowest BCUT2D eigenvalue weighted by Crippen LogP contribution is -2.25. The van der Waals surface area contributed by atoms with E-state index in [9.17, 15) is 0 Å². The molecule has 1 atom stereocenters. The lowest BCUT2D eigenvalue weighted by atomic mass is 9.85. The van der Waals surface area contributed by atoms with Gasteiger partial charge in [0.25, 0.3) is 0 Å². The average Bonchev–Trinajstić information content (AvgIpc) is 2.49. The third-order valence-electron chi connectivity index (χ3n) is 2.48. The molecule has 2 heteroatoms. The van der Waals surface area contributed by atoms with Crippen LogP contribution >= 0.6 is 0 Å². The van der Waals surface area contributed by atoms with Crippen molar-refractivity contribution in [3.8, 4) is 0 Å². The molecule has 0 unspecified atom stereocenters. The summed E-state index contributed by atoms with van der Waals surface area (Å²) in [5.41, 5.74) is 6.86. The zero-order chi connectivity index (χ0) is 6.32. The predicted octanol–water partition coefficient (Wildman–Crippen LogP) is 1.00. The molecule has 2 fully saturated rings. The molecule has 0 bridgehead atoms. The Morgan fingerprint density at radius 3 is 2.67 bits per heavy atom. The summed E-state index contributed by atoms with van der Waals surface area (Å²) in [5.74, 6) is 0.918. The number of hydrogen-bond acceptors (Lipinski definition) is 2. The van der Waals surface area contributed by atoms with E-state index < -0.39 is 0 Å². The quantitative estimate of drug-likeness (QED) is 0.475. The fourth-order valence-electron chi connectivity index (χ4n) is 1.87. The van der Waals surface area contributed by atoms with E-state index >= 15 is 0 Å². The molecule has 9 heavy (non-hydrogen) atoms. The van der Waals surface area contributed by atoms with Crippen LogP contribution in [0.5, 0.6) is 0 Å². The van der Waals surface area contributed by atoms with Crippen molar-refractivity contribution < 1.29 is 0 Å². The van der Waals surface area contributed by atoms with Gasteiger partial charge in [0.05, 0.1) is 5.66 Å². The SMILES string of the molecule is C[C@@H]1CCCC2(C1)NN2. The molecule has 2 nitrogen and oxygen atoms in total. The van der Waals surface area contributed by atoms with Crippen molar-refractivity contribution in [2.75, 3.05) is 0 Å². The minimum Gasteiger partial charge on any atom is -0.235 e. The second-order valence-electron chi connectivity index (χ2n) is 3.53. The molecule has 1 heterocycles. The molecular weight excluding hydrogens is 112 g/mol. The van der Waals surface area contributed by atoms with Crippen molar-refractivity contribution in [1.29, 1.82) is 0 Å². The second kappa shape index (κ2) is 1.70. The van der Waals surface area contributed by atoms with Crippen LogP contribution in [0.1, 0.15) is 32.6 Å². The van der Waals surface area contributed by atoms with Gasteiger partial charge in [-0.15, -0.1) is 0 Å². The Hall–Kier alpha value is -0.0800. The van der Waals surface area contributed by atoms with Crippen molar-refractivity contribution in [3.05, 3.63) is 0 Å². The number of nitrogens with one attached hydrogen (secondary N) is 2. The maximum Gasteiger partial charge on any atom is 0.0946 e. The molecule has 0 aromatic carbocycles. The predicted molar refractivity (Wildman–Crippen MR) is 36.6 cm³/mol. The molecule has 1 aliphatic carbocycles. The van der Waals surface area contributed by atoms with Crippen LogP contribution in [0.2, 0.25) is 0 Å². The van der Waals surface area contributed by atoms with Gasteiger partial charge in [-0.1, -0.05) is 13.3 Å². The Kier molecular flexibility index (Phi) is 1.08. The third kappa shape index (κ3) is 0.970. The van der Waals surface area contributed by atoms with Crippen molar-refractivity contribution in [3.63, 3.8) is 0 Å². The van der Waals surface area contributed by atoms with E-state index in [1.165, 1.54) is 25.7 Å². The molecular formula is C7H14N2. The maximum absolute atomic E-state index is 3.23. The van der Waals surface area contributed by atoms with Gasteiger partial charge >= 0.3 is 0 Å². The van der Waals surface area contributed by atoms with Gasteiger partial charge in [0.15, 0.2) is 0 Å². The van der Waals surface area contributed by atoms with E-state index in [4.69, 9.17) is 0 Å². The van der Waals surface area contributed by atoms with Crippen LogP contribution in [0.25, 0.3) is 0 Å². The first-order valence-electron chi connectivity index (χ1n) is 3.85. The van der Waals surface area contributed by atoms with E-state index in [0.29, 0.717) is 5.66 Å². The van der Waals surface area contributed by atoms with Crippen LogP contribution < -0.4 is 10.9 Å². The summed E-state index contributed by atoms with van der Waals surface area (Å²) in [7, 11) is 0. The highest BCUT2D eigenvalue weighted by atomic mass is 15.7. The van der Waals surface area contributed by atoms with Crippen LogP contribution in [0.3, 0.4) is 0 Å². The molecule has 2 rings (SSSR count). The van der Waals surface area contributed by atoms with Crippen molar-refractivity contribution >= 4 is 0 Å². The molecule has 1 saturated carbocycles. The smallest absolute Gasteiger partial charge is 0.0946 e. The molecule has 2 N–H and O–H groups in total. The fourth-order valence-corrected chi connectivity index (χ4v) is 1.87. The summed E-state index contributed by atoms with van der Waals surface area (Å²) in [6, 6.07) is 0. The zero-order valence-electron chi connectivity index (χ0n) is 5.91. The molecule has 1 spiro atoms. The van der Waals surface area contributed by atoms with E-state index in [1.807, 2.05) is 0 Å². The lowest BCUT2D eigenvalue weighted by Gasteiger charge is -2.23. The Labute approximate surface area is 56.0 Å². The van der Waals surface area contributed by atoms with Gasteiger partial charge in [-0.25, -0.2) is 10.9 Å². The van der Waals surface area contributed by atoms with Crippen LogP contribution in [0, 0.1) is 5.92 Å². The van der Waals surface area contributed by atoms with Crippen molar-refractivity contribution in [1.82, 2.24) is 10.9 Å². The highest BCUT2D eigenvalue weighted by molar-refractivity contribution is 4.97. The van der Waals surface area contributed by atoms with Gasteiger partial charge in [0.2, 0.25) is 0 Å². The molecule has 0 aromatic rings. The first kappa shape index (κ1) is 5.69. The summed E-state index contributed by atoms with van der Waals surface area (Å²) >= 11 is 0. The van der Waals surface area contributed by atoms with Crippen molar-refractivity contribution in [2.45, 2.75) is 38.3 Å². The van der Waals surface area contributed by atoms with Gasteiger partial charge in [0, 0.05) is 0 Å². The largest absolute Gasteiger partial charge is 0.235 e. The Balaban J connectivity index is 1.96. The first-order chi connectivity index (χ1) is 4.31. The second-order valence-corrected chi connectivity index (χ2v) is 3.53. The molecule has 2 aliphatic rings. The summed E-state index contributed by atoms with van der Waals surface area (Å²) in [6.45, 7) is 2.34. The summed E-state index contributed by atoms with van der Waals surface area (Å²) in [4.78, 5) is 0. The highest BCUT2D eigenvalue weighted by Gasteiger charge is 2.44. The molecule has 1 saturated heterocycles. The van der Waals surface area contributed by atoms with E-state index in [1.54, 1.807) is 0 Å². The molecule has 52 valence electrons. The Morgan fingerprint density at radius 2 is 2.22 bits per heavy atom. The number of hydrogen-bond donors (Lipinski definition) is 2. The molecule has 0 amide bonds. The van der Waals surface area contributed by atoms with Gasteiger partial charge in [-0.3, -0.25) is 0 Å². The minimum absolute atomic E-state index is 0.400. The molecule has 1 aliphatic heterocycles. The van der Waals surface area contributed by atoms with Crippen LogP contribution in [0.4, 0.5) is 0 Å². The van der Waals surface area contributed by atoms with Crippen molar-refractivity contribution in [2.24, 2.45) is 5.92 Å². The monoisotopic (exact) mass is 126 g/mol.